The third kappa shape index (κ3) is 4.25. The van der Waals surface area contributed by atoms with Crippen molar-refractivity contribution in [2.24, 2.45) is 5.92 Å². The van der Waals surface area contributed by atoms with E-state index in [4.69, 9.17) is 5.11 Å². The highest BCUT2D eigenvalue weighted by atomic mass is 16.4. The van der Waals surface area contributed by atoms with Crippen molar-refractivity contribution in [2.75, 3.05) is 33.2 Å². The third-order valence-corrected chi connectivity index (χ3v) is 3.26. The topological polar surface area (TPSA) is 90.0 Å². The summed E-state index contributed by atoms with van der Waals surface area (Å²) in [5.74, 6) is -1.39. The zero-order valence-electron chi connectivity index (χ0n) is 11.7. The smallest absolute Gasteiger partial charge is 0.323 e. The summed E-state index contributed by atoms with van der Waals surface area (Å²) in [6.45, 7) is 4.19. The quantitative estimate of drug-likeness (QED) is 0.702. The maximum atomic E-state index is 12.3. The number of carbonyl (C=O) groups excluding carboxylic acids is 2. The SMILES string of the molecule is C=CCN(CC(=O)O)C(=O)N1CCCC(C(=O)NC)C1. The van der Waals surface area contributed by atoms with Crippen LogP contribution in [0.25, 0.3) is 0 Å². The number of nitrogens with zero attached hydrogens (tertiary/aromatic N) is 2. The molecule has 0 aromatic heterocycles. The lowest BCUT2D eigenvalue weighted by atomic mass is 9.97. The number of rotatable bonds is 5. The highest BCUT2D eigenvalue weighted by Crippen LogP contribution is 2.18. The van der Waals surface area contributed by atoms with Gasteiger partial charge in [-0.1, -0.05) is 6.08 Å². The van der Waals surface area contributed by atoms with Gasteiger partial charge in [0, 0.05) is 26.7 Å². The second-order valence-electron chi connectivity index (χ2n) is 4.74. The van der Waals surface area contributed by atoms with E-state index in [1.807, 2.05) is 0 Å². The van der Waals surface area contributed by atoms with Crippen molar-refractivity contribution in [3.05, 3.63) is 12.7 Å². The lowest BCUT2D eigenvalue weighted by molar-refractivity contribution is -0.137. The summed E-state index contributed by atoms with van der Waals surface area (Å²) in [6.07, 6.45) is 2.96. The van der Waals surface area contributed by atoms with Crippen molar-refractivity contribution >= 4 is 17.9 Å². The van der Waals surface area contributed by atoms with E-state index in [1.165, 1.54) is 15.9 Å². The Kier molecular flexibility index (Phi) is 6.02. The average Bonchev–Trinajstić information content (AvgIpc) is 2.45. The van der Waals surface area contributed by atoms with E-state index in [-0.39, 0.29) is 30.9 Å². The second-order valence-corrected chi connectivity index (χ2v) is 4.74. The molecule has 0 spiro atoms. The van der Waals surface area contributed by atoms with Crippen LogP contribution in [0.5, 0.6) is 0 Å². The van der Waals surface area contributed by atoms with Gasteiger partial charge in [0.25, 0.3) is 0 Å². The largest absolute Gasteiger partial charge is 0.480 e. The average molecular weight is 283 g/mol. The molecule has 3 amide bonds. The molecule has 1 fully saturated rings. The van der Waals surface area contributed by atoms with E-state index in [0.29, 0.717) is 13.1 Å². The molecule has 2 N–H and O–H groups in total. The number of likely N-dealkylation sites (tertiary alicyclic amines) is 1. The van der Waals surface area contributed by atoms with Gasteiger partial charge in [-0.15, -0.1) is 6.58 Å². The summed E-state index contributed by atoms with van der Waals surface area (Å²) in [5, 5.41) is 11.4. The fraction of sp³-hybridized carbons (Fsp3) is 0.615. The number of carboxylic acid groups (broad SMARTS) is 1. The first-order chi connectivity index (χ1) is 9.49. The van der Waals surface area contributed by atoms with Crippen LogP contribution in [-0.2, 0) is 9.59 Å². The predicted octanol–water partition coefficient (Wildman–Crippen LogP) is 0.137. The molecule has 0 aromatic rings. The fourth-order valence-corrected chi connectivity index (χ4v) is 2.30. The number of urea groups is 1. The van der Waals surface area contributed by atoms with E-state index in [1.54, 1.807) is 7.05 Å². The summed E-state index contributed by atoms with van der Waals surface area (Å²) < 4.78 is 0. The molecule has 1 aliphatic heterocycles. The zero-order chi connectivity index (χ0) is 15.1. The van der Waals surface area contributed by atoms with Crippen LogP contribution in [0.2, 0.25) is 0 Å². The Bertz CT molecular complexity index is 397. The van der Waals surface area contributed by atoms with E-state index in [9.17, 15) is 14.4 Å². The van der Waals surface area contributed by atoms with Crippen LogP contribution in [0.1, 0.15) is 12.8 Å². The van der Waals surface area contributed by atoms with Gasteiger partial charge in [0.2, 0.25) is 5.91 Å². The number of hydrogen-bond donors (Lipinski definition) is 2. The Morgan fingerprint density at radius 2 is 2.20 bits per heavy atom. The molecule has 1 unspecified atom stereocenters. The molecule has 7 heteroatoms. The van der Waals surface area contributed by atoms with Crippen molar-refractivity contribution in [1.82, 2.24) is 15.1 Å². The lowest BCUT2D eigenvalue weighted by Crippen LogP contribution is -2.51. The maximum Gasteiger partial charge on any atom is 0.323 e. The number of aliphatic carboxylic acids is 1. The van der Waals surface area contributed by atoms with Crippen LogP contribution in [0.15, 0.2) is 12.7 Å². The minimum Gasteiger partial charge on any atom is -0.480 e. The van der Waals surface area contributed by atoms with Gasteiger partial charge in [0.05, 0.1) is 5.92 Å². The molecule has 1 aliphatic rings. The van der Waals surface area contributed by atoms with Gasteiger partial charge in [0.15, 0.2) is 0 Å². The number of nitrogens with one attached hydrogen (secondary N) is 1. The summed E-state index contributed by atoms with van der Waals surface area (Å²) in [7, 11) is 1.57. The minimum absolute atomic E-state index is 0.0870. The van der Waals surface area contributed by atoms with Gasteiger partial charge in [0.1, 0.15) is 6.54 Å². The van der Waals surface area contributed by atoms with Crippen molar-refractivity contribution < 1.29 is 19.5 Å². The normalized spacial score (nSPS) is 18.2. The number of hydrogen-bond acceptors (Lipinski definition) is 3. The molecule has 1 heterocycles. The third-order valence-electron chi connectivity index (χ3n) is 3.26. The van der Waals surface area contributed by atoms with E-state index >= 15 is 0 Å². The molecule has 0 aliphatic carbocycles. The minimum atomic E-state index is -1.07. The summed E-state index contributed by atoms with van der Waals surface area (Å²) in [5.41, 5.74) is 0. The predicted molar refractivity (Wildman–Crippen MR) is 73.2 cm³/mol. The molecule has 0 radical (unpaired) electrons. The Morgan fingerprint density at radius 3 is 2.75 bits per heavy atom. The van der Waals surface area contributed by atoms with Crippen LogP contribution in [0.4, 0.5) is 4.79 Å². The molecule has 0 bridgehead atoms. The Labute approximate surface area is 118 Å². The molecule has 0 aromatic carbocycles. The Morgan fingerprint density at radius 1 is 1.50 bits per heavy atom. The van der Waals surface area contributed by atoms with E-state index in [0.717, 1.165) is 12.8 Å². The standard InChI is InChI=1S/C13H21N3O4/c1-3-6-15(9-11(17)18)13(20)16-7-4-5-10(8-16)12(19)14-2/h3,10H,1,4-9H2,2H3,(H,14,19)(H,17,18). The molecule has 1 rings (SSSR count). The van der Waals surface area contributed by atoms with Gasteiger partial charge in [-0.3, -0.25) is 9.59 Å². The molecule has 20 heavy (non-hydrogen) atoms. The van der Waals surface area contributed by atoms with E-state index in [2.05, 4.69) is 11.9 Å². The van der Waals surface area contributed by atoms with Gasteiger partial charge < -0.3 is 20.2 Å². The maximum absolute atomic E-state index is 12.3. The van der Waals surface area contributed by atoms with Crippen LogP contribution in [0, 0.1) is 5.92 Å². The van der Waals surface area contributed by atoms with Crippen molar-refractivity contribution in [3.63, 3.8) is 0 Å². The van der Waals surface area contributed by atoms with Crippen LogP contribution < -0.4 is 5.32 Å². The second kappa shape index (κ2) is 7.52. The molecular formula is C13H21N3O4. The summed E-state index contributed by atoms with van der Waals surface area (Å²) in [4.78, 5) is 37.5. The van der Waals surface area contributed by atoms with E-state index < -0.39 is 5.97 Å². The lowest BCUT2D eigenvalue weighted by Gasteiger charge is -2.35. The van der Waals surface area contributed by atoms with Gasteiger partial charge in [-0.2, -0.15) is 0 Å². The van der Waals surface area contributed by atoms with Crippen molar-refractivity contribution in [1.29, 1.82) is 0 Å². The van der Waals surface area contributed by atoms with Crippen molar-refractivity contribution in [2.45, 2.75) is 12.8 Å². The first-order valence-electron chi connectivity index (χ1n) is 6.57. The molecule has 7 nitrogen and oxygen atoms in total. The number of piperidine rings is 1. The zero-order valence-corrected chi connectivity index (χ0v) is 11.7. The van der Waals surface area contributed by atoms with Crippen LogP contribution in [0.3, 0.4) is 0 Å². The number of carboxylic acids is 1. The van der Waals surface area contributed by atoms with Gasteiger partial charge in [-0.25, -0.2) is 4.79 Å². The first kappa shape index (κ1) is 16.0. The Balaban J connectivity index is 2.70. The molecule has 112 valence electrons. The molecular weight excluding hydrogens is 262 g/mol. The summed E-state index contributed by atoms with van der Waals surface area (Å²) in [6, 6.07) is -0.360. The number of amides is 3. The van der Waals surface area contributed by atoms with Crippen molar-refractivity contribution in [3.8, 4) is 0 Å². The summed E-state index contributed by atoms with van der Waals surface area (Å²) >= 11 is 0. The first-order valence-corrected chi connectivity index (χ1v) is 6.57. The Hall–Kier alpha value is -2.05. The highest BCUT2D eigenvalue weighted by molar-refractivity contribution is 5.82. The fourth-order valence-electron chi connectivity index (χ4n) is 2.30. The molecule has 1 saturated heterocycles. The monoisotopic (exact) mass is 283 g/mol. The number of carbonyl (C=O) groups is 3. The van der Waals surface area contributed by atoms with Gasteiger partial charge >= 0.3 is 12.0 Å². The molecule has 1 atom stereocenters. The van der Waals surface area contributed by atoms with Crippen LogP contribution >= 0.6 is 0 Å². The van der Waals surface area contributed by atoms with Gasteiger partial charge in [-0.05, 0) is 12.8 Å². The highest BCUT2D eigenvalue weighted by Gasteiger charge is 2.30. The molecule has 0 saturated carbocycles. The van der Waals surface area contributed by atoms with Crippen LogP contribution in [-0.4, -0.2) is 66.0 Å².